The third-order valence-corrected chi connectivity index (χ3v) is 8.80. The van der Waals surface area contributed by atoms with Crippen LogP contribution in [0.5, 0.6) is 11.8 Å². The molecule has 0 aliphatic carbocycles. The first-order valence-electron chi connectivity index (χ1n) is 15.2. The molecular weight excluding hydrogens is 610 g/mol. The van der Waals surface area contributed by atoms with Gasteiger partial charge in [-0.25, -0.2) is 9.97 Å². The molecule has 0 saturated carbocycles. The number of carbonyl (C=O) groups excluding carboxylic acids is 4. The molecular formula is C32H37N7O6S. The highest BCUT2D eigenvalue weighted by atomic mass is 32.2. The lowest BCUT2D eigenvalue weighted by molar-refractivity contribution is -0.116. The zero-order chi connectivity index (χ0) is 32.8. The third-order valence-electron chi connectivity index (χ3n) is 7.88. The number of nitrogens with zero attached hydrogens (tertiary/aromatic N) is 6. The van der Waals surface area contributed by atoms with Crippen LogP contribution < -0.4 is 19.7 Å². The number of rotatable bonds is 13. The number of Topliss-reactive ketones (excluding diaryl/α,β-unsaturated/α-hetero) is 1. The van der Waals surface area contributed by atoms with Gasteiger partial charge in [0.05, 0.1) is 31.0 Å². The predicted molar refractivity (Wildman–Crippen MR) is 171 cm³/mol. The Kier molecular flexibility index (Phi) is 10.5. The molecule has 3 aromatic rings. The summed E-state index contributed by atoms with van der Waals surface area (Å²) in [5.74, 6) is 1.12. The number of ether oxygens (including phenoxy) is 2. The predicted octanol–water partition coefficient (Wildman–Crippen LogP) is 4.21. The molecule has 0 spiro atoms. The van der Waals surface area contributed by atoms with Crippen LogP contribution in [-0.4, -0.2) is 82.2 Å². The number of piperidine rings is 1. The normalized spacial score (nSPS) is 14.8. The van der Waals surface area contributed by atoms with Crippen molar-refractivity contribution in [1.29, 1.82) is 0 Å². The van der Waals surface area contributed by atoms with Crippen LogP contribution in [0.4, 0.5) is 11.8 Å². The molecule has 5 rings (SSSR count). The van der Waals surface area contributed by atoms with E-state index in [1.165, 1.54) is 33.0 Å². The Hall–Kier alpha value is -4.59. The Labute approximate surface area is 271 Å². The standard InChI is InChI=1S/C32H37N7O6S/c1-19(40)17-22-18-25(33-20(2)41)35-32(34-22)46-26-27(44-3)36-31(37-28(26)45-4)38-15-12-21(13-16-38)9-7-8-14-39-29(42)23-10-5-6-11-24(23)30(39)43/h5-6,10-11,18,21H,7-9,12-17H2,1-4H3,(H,33,34,35,41). The lowest BCUT2D eigenvalue weighted by Crippen LogP contribution is -2.35. The Morgan fingerprint density at radius 3 is 2.13 bits per heavy atom. The highest BCUT2D eigenvalue weighted by Crippen LogP contribution is 2.40. The van der Waals surface area contributed by atoms with Crippen molar-refractivity contribution in [3.8, 4) is 11.8 Å². The minimum atomic E-state index is -0.295. The summed E-state index contributed by atoms with van der Waals surface area (Å²) in [7, 11) is 3.03. The summed E-state index contributed by atoms with van der Waals surface area (Å²) < 4.78 is 11.3. The van der Waals surface area contributed by atoms with E-state index in [4.69, 9.17) is 9.47 Å². The van der Waals surface area contributed by atoms with E-state index in [9.17, 15) is 19.2 Å². The monoisotopic (exact) mass is 647 g/mol. The number of hydrogen-bond acceptors (Lipinski definition) is 12. The number of unbranched alkanes of at least 4 members (excludes halogenated alkanes) is 1. The summed E-state index contributed by atoms with van der Waals surface area (Å²) in [6.45, 7) is 4.80. The van der Waals surface area contributed by atoms with Crippen molar-refractivity contribution in [1.82, 2.24) is 24.8 Å². The Morgan fingerprint density at radius 1 is 0.935 bits per heavy atom. The number of hydrogen-bond donors (Lipinski definition) is 1. The number of carbonyl (C=O) groups is 4. The molecule has 1 saturated heterocycles. The second-order valence-electron chi connectivity index (χ2n) is 11.3. The van der Waals surface area contributed by atoms with Gasteiger partial charge in [-0.15, -0.1) is 0 Å². The maximum absolute atomic E-state index is 12.6. The van der Waals surface area contributed by atoms with Crippen LogP contribution in [-0.2, 0) is 16.0 Å². The molecule has 4 heterocycles. The molecule has 2 aliphatic rings. The molecule has 0 bridgehead atoms. The molecule has 0 atom stereocenters. The van der Waals surface area contributed by atoms with Crippen LogP contribution in [0, 0.1) is 5.92 Å². The van der Waals surface area contributed by atoms with E-state index in [0.29, 0.717) is 51.9 Å². The minimum absolute atomic E-state index is 0.0727. The quantitative estimate of drug-likeness (QED) is 0.160. The molecule has 242 valence electrons. The fraction of sp³-hybridized carbons (Fsp3) is 0.438. The number of ketones is 1. The molecule has 14 heteroatoms. The minimum Gasteiger partial charge on any atom is -0.480 e. The number of aromatic nitrogens is 4. The number of methoxy groups -OCH3 is 2. The topological polar surface area (TPSA) is 157 Å². The van der Waals surface area contributed by atoms with Gasteiger partial charge >= 0.3 is 0 Å². The van der Waals surface area contributed by atoms with Gasteiger partial charge in [-0.05, 0) is 56.0 Å². The first-order chi connectivity index (χ1) is 22.2. The smallest absolute Gasteiger partial charge is 0.261 e. The summed E-state index contributed by atoms with van der Waals surface area (Å²) in [5, 5.41) is 2.93. The zero-order valence-corrected chi connectivity index (χ0v) is 27.2. The molecule has 13 nitrogen and oxygen atoms in total. The fourth-order valence-electron chi connectivity index (χ4n) is 5.67. The first-order valence-corrected chi connectivity index (χ1v) is 16.0. The van der Waals surface area contributed by atoms with Crippen molar-refractivity contribution in [3.63, 3.8) is 0 Å². The number of anilines is 2. The van der Waals surface area contributed by atoms with E-state index in [1.54, 1.807) is 30.3 Å². The van der Waals surface area contributed by atoms with Crippen molar-refractivity contribution in [2.75, 3.05) is 44.1 Å². The van der Waals surface area contributed by atoms with Crippen molar-refractivity contribution >= 4 is 47.0 Å². The maximum atomic E-state index is 12.6. The van der Waals surface area contributed by atoms with Gasteiger partial charge in [0.25, 0.3) is 11.8 Å². The van der Waals surface area contributed by atoms with Crippen LogP contribution in [0.15, 0.2) is 40.4 Å². The summed E-state index contributed by atoms with van der Waals surface area (Å²) >= 11 is 1.12. The zero-order valence-electron chi connectivity index (χ0n) is 26.4. The van der Waals surface area contributed by atoms with Gasteiger partial charge in [0, 0.05) is 39.0 Å². The Bertz CT molecular complexity index is 1550. The van der Waals surface area contributed by atoms with E-state index < -0.39 is 0 Å². The molecule has 1 aromatic carbocycles. The number of fused-ring (bicyclic) bond motifs is 1. The fourth-order valence-corrected chi connectivity index (χ4v) is 6.59. The highest BCUT2D eigenvalue weighted by molar-refractivity contribution is 7.99. The van der Waals surface area contributed by atoms with Crippen molar-refractivity contribution in [2.24, 2.45) is 5.92 Å². The van der Waals surface area contributed by atoms with Gasteiger partial charge in [0.1, 0.15) is 16.5 Å². The van der Waals surface area contributed by atoms with E-state index >= 15 is 0 Å². The first kappa shape index (κ1) is 32.8. The Balaban J connectivity index is 1.19. The summed E-state index contributed by atoms with van der Waals surface area (Å²) in [4.78, 5) is 70.8. The van der Waals surface area contributed by atoms with Gasteiger partial charge in [-0.2, -0.15) is 9.97 Å². The summed E-state index contributed by atoms with van der Waals surface area (Å²) in [6.07, 6.45) is 4.73. The third kappa shape index (κ3) is 7.61. The van der Waals surface area contributed by atoms with Gasteiger partial charge in [-0.3, -0.25) is 24.1 Å². The van der Waals surface area contributed by atoms with Crippen molar-refractivity contribution < 1.29 is 28.7 Å². The van der Waals surface area contributed by atoms with Crippen LogP contribution in [0.3, 0.4) is 0 Å². The molecule has 2 aliphatic heterocycles. The summed E-state index contributed by atoms with van der Waals surface area (Å²) in [6, 6.07) is 8.55. The van der Waals surface area contributed by atoms with Gasteiger partial charge in [0.15, 0.2) is 5.16 Å². The molecule has 0 unspecified atom stereocenters. The lowest BCUT2D eigenvalue weighted by atomic mass is 9.91. The van der Waals surface area contributed by atoms with E-state index in [0.717, 1.165) is 57.0 Å². The van der Waals surface area contributed by atoms with Crippen LogP contribution in [0.1, 0.15) is 72.4 Å². The average molecular weight is 648 g/mol. The average Bonchev–Trinajstić information content (AvgIpc) is 3.27. The van der Waals surface area contributed by atoms with Gasteiger partial charge in [-0.1, -0.05) is 25.0 Å². The van der Waals surface area contributed by atoms with E-state index in [2.05, 4.69) is 30.2 Å². The molecule has 1 N–H and O–H groups in total. The molecule has 46 heavy (non-hydrogen) atoms. The largest absolute Gasteiger partial charge is 0.480 e. The van der Waals surface area contributed by atoms with Gasteiger partial charge in [0.2, 0.25) is 23.6 Å². The van der Waals surface area contributed by atoms with Gasteiger partial charge < -0.3 is 19.7 Å². The van der Waals surface area contributed by atoms with Crippen LogP contribution in [0.2, 0.25) is 0 Å². The Morgan fingerprint density at radius 2 is 1.57 bits per heavy atom. The number of amides is 3. The van der Waals surface area contributed by atoms with E-state index in [1.807, 2.05) is 0 Å². The number of benzene rings is 1. The second kappa shape index (κ2) is 14.7. The SMILES string of the molecule is COc1nc(N2CCC(CCCCN3C(=O)c4ccccc4C3=O)CC2)nc(OC)c1Sc1nc(CC(C)=O)cc(NC(C)=O)n1. The molecule has 0 radical (unpaired) electrons. The summed E-state index contributed by atoms with van der Waals surface area (Å²) in [5.41, 5.74) is 1.45. The highest BCUT2D eigenvalue weighted by Gasteiger charge is 2.34. The molecule has 2 aromatic heterocycles. The molecule has 3 amide bonds. The lowest BCUT2D eigenvalue weighted by Gasteiger charge is -2.32. The maximum Gasteiger partial charge on any atom is 0.261 e. The second-order valence-corrected chi connectivity index (χ2v) is 12.3. The number of nitrogens with one attached hydrogen (secondary N) is 1. The van der Waals surface area contributed by atoms with Crippen molar-refractivity contribution in [3.05, 3.63) is 47.2 Å². The van der Waals surface area contributed by atoms with Crippen molar-refractivity contribution in [2.45, 2.75) is 62.4 Å². The van der Waals surface area contributed by atoms with Crippen LogP contribution in [0.25, 0.3) is 0 Å². The van der Waals surface area contributed by atoms with Crippen LogP contribution >= 0.6 is 11.8 Å². The van der Waals surface area contributed by atoms with E-state index in [-0.39, 0.29) is 40.9 Å². The molecule has 1 fully saturated rings. The number of imide groups is 1.